The van der Waals surface area contributed by atoms with E-state index < -0.39 is 5.60 Å². The third-order valence-corrected chi connectivity index (χ3v) is 2.70. The minimum absolute atomic E-state index is 0.207. The molecular weight excluding hydrogens is 220 g/mol. The molecule has 1 fully saturated rings. The van der Waals surface area contributed by atoms with Crippen LogP contribution in [-0.4, -0.2) is 65.9 Å². The van der Waals surface area contributed by atoms with Crippen molar-refractivity contribution in [3.05, 3.63) is 0 Å². The first-order valence-corrected chi connectivity index (χ1v) is 6.12. The smallest absolute Gasteiger partial charge is 0.410 e. The van der Waals surface area contributed by atoms with Gasteiger partial charge in [-0.1, -0.05) is 0 Å². The van der Waals surface area contributed by atoms with E-state index in [0.29, 0.717) is 13.1 Å². The summed E-state index contributed by atoms with van der Waals surface area (Å²) in [5.74, 6) is 0. The molecule has 0 bridgehead atoms. The molecule has 0 unspecified atom stereocenters. The number of nitrogens with zero attached hydrogens (tertiary/aromatic N) is 2. The van der Waals surface area contributed by atoms with Gasteiger partial charge in [0, 0.05) is 33.2 Å². The monoisotopic (exact) mass is 244 g/mol. The molecule has 5 nitrogen and oxygen atoms in total. The predicted molar refractivity (Wildman–Crippen MR) is 65.9 cm³/mol. The van der Waals surface area contributed by atoms with E-state index in [0.717, 1.165) is 19.5 Å². The van der Waals surface area contributed by atoms with Crippen LogP contribution in [0.15, 0.2) is 0 Å². The zero-order valence-electron chi connectivity index (χ0n) is 11.3. The predicted octanol–water partition coefficient (Wildman–Crippen LogP) is 0.920. The van der Waals surface area contributed by atoms with Gasteiger partial charge >= 0.3 is 6.09 Å². The van der Waals surface area contributed by atoms with Crippen molar-refractivity contribution < 1.29 is 14.6 Å². The number of β-amino-alcohol motifs (C(OH)–C–C–N with tert-alkyl or cyclic N) is 1. The lowest BCUT2D eigenvalue weighted by molar-refractivity contribution is 0.0285. The van der Waals surface area contributed by atoms with E-state index in [1.807, 2.05) is 20.8 Å². The summed E-state index contributed by atoms with van der Waals surface area (Å²) in [5.41, 5.74) is -0.449. The number of likely N-dealkylation sites (tertiary alicyclic amines) is 1. The minimum Gasteiger partial charge on any atom is -0.444 e. The molecule has 0 saturated carbocycles. The molecule has 1 amide bonds. The summed E-state index contributed by atoms with van der Waals surface area (Å²) in [6.45, 7) is 8.60. The lowest BCUT2D eigenvalue weighted by Gasteiger charge is -2.26. The van der Waals surface area contributed by atoms with Crippen LogP contribution >= 0.6 is 0 Å². The number of rotatable bonds is 3. The standard InChI is InChI=1S/C12H24N2O3/c1-12(2,3)17-11(16)13(4)7-8-14-6-5-10(15)9-14/h10,15H,5-9H2,1-4H3/t10-/m0/s1. The Morgan fingerprint density at radius 2 is 2.18 bits per heavy atom. The van der Waals surface area contributed by atoms with E-state index in [4.69, 9.17) is 4.74 Å². The second-order valence-corrected chi connectivity index (χ2v) is 5.65. The maximum Gasteiger partial charge on any atom is 0.410 e. The van der Waals surface area contributed by atoms with E-state index in [-0.39, 0.29) is 12.2 Å². The zero-order chi connectivity index (χ0) is 13.1. The molecule has 1 aliphatic heterocycles. The van der Waals surface area contributed by atoms with Crippen LogP contribution in [0.3, 0.4) is 0 Å². The maximum atomic E-state index is 11.7. The molecule has 100 valence electrons. The largest absolute Gasteiger partial charge is 0.444 e. The number of amides is 1. The van der Waals surface area contributed by atoms with Crippen LogP contribution in [0.1, 0.15) is 27.2 Å². The van der Waals surface area contributed by atoms with E-state index in [2.05, 4.69) is 4.90 Å². The molecule has 1 N–H and O–H groups in total. The van der Waals surface area contributed by atoms with Gasteiger partial charge in [-0.3, -0.25) is 4.90 Å². The highest BCUT2D eigenvalue weighted by molar-refractivity contribution is 5.67. The third kappa shape index (κ3) is 5.37. The van der Waals surface area contributed by atoms with Gasteiger partial charge in [-0.15, -0.1) is 0 Å². The second-order valence-electron chi connectivity index (χ2n) is 5.65. The van der Waals surface area contributed by atoms with Gasteiger partial charge in [-0.25, -0.2) is 4.79 Å². The number of aliphatic hydroxyl groups is 1. The number of carbonyl (C=O) groups excluding carboxylic acids is 1. The quantitative estimate of drug-likeness (QED) is 0.802. The van der Waals surface area contributed by atoms with Crippen molar-refractivity contribution in [2.24, 2.45) is 0 Å². The number of ether oxygens (including phenoxy) is 1. The topological polar surface area (TPSA) is 53.0 Å². The van der Waals surface area contributed by atoms with Gasteiger partial charge in [0.15, 0.2) is 0 Å². The molecule has 0 aromatic heterocycles. The van der Waals surface area contributed by atoms with Crippen LogP contribution in [0.2, 0.25) is 0 Å². The summed E-state index contributed by atoms with van der Waals surface area (Å²) in [6, 6.07) is 0. The molecule has 1 aliphatic rings. The van der Waals surface area contributed by atoms with Crippen LogP contribution in [-0.2, 0) is 4.74 Å². The van der Waals surface area contributed by atoms with E-state index in [1.54, 1.807) is 11.9 Å². The Hall–Kier alpha value is -0.810. The first-order valence-electron chi connectivity index (χ1n) is 6.12. The van der Waals surface area contributed by atoms with Crippen molar-refractivity contribution in [3.63, 3.8) is 0 Å². The molecule has 1 heterocycles. The van der Waals surface area contributed by atoms with Gasteiger partial charge in [-0.2, -0.15) is 0 Å². The Kier molecular flexibility index (Phi) is 4.77. The van der Waals surface area contributed by atoms with Crippen molar-refractivity contribution in [3.8, 4) is 0 Å². The fraction of sp³-hybridized carbons (Fsp3) is 0.917. The van der Waals surface area contributed by atoms with Crippen LogP contribution in [0, 0.1) is 0 Å². The Bertz CT molecular complexity index is 263. The summed E-state index contributed by atoms with van der Waals surface area (Å²) in [4.78, 5) is 15.4. The molecule has 1 saturated heterocycles. The van der Waals surface area contributed by atoms with Crippen molar-refractivity contribution in [1.29, 1.82) is 0 Å². The zero-order valence-corrected chi connectivity index (χ0v) is 11.3. The Labute approximate surface area is 103 Å². The minimum atomic E-state index is -0.449. The first-order chi connectivity index (χ1) is 7.78. The number of hydrogen-bond acceptors (Lipinski definition) is 4. The Morgan fingerprint density at radius 3 is 2.65 bits per heavy atom. The Balaban J connectivity index is 2.24. The number of hydrogen-bond donors (Lipinski definition) is 1. The number of aliphatic hydroxyl groups excluding tert-OH is 1. The average molecular weight is 244 g/mol. The molecule has 0 aromatic carbocycles. The fourth-order valence-electron chi connectivity index (χ4n) is 1.74. The number of likely N-dealkylation sites (N-methyl/N-ethyl adjacent to an activating group) is 1. The normalized spacial score (nSPS) is 21.6. The lowest BCUT2D eigenvalue weighted by atomic mass is 10.2. The lowest BCUT2D eigenvalue weighted by Crippen LogP contribution is -2.39. The molecular formula is C12H24N2O3. The molecule has 1 atom stereocenters. The van der Waals surface area contributed by atoms with Crippen LogP contribution < -0.4 is 0 Å². The SMILES string of the molecule is CN(CCN1CC[C@H](O)C1)C(=O)OC(C)(C)C. The molecule has 0 aromatic rings. The Morgan fingerprint density at radius 1 is 1.53 bits per heavy atom. The molecule has 0 aliphatic carbocycles. The highest BCUT2D eigenvalue weighted by Gasteiger charge is 2.22. The second kappa shape index (κ2) is 5.69. The summed E-state index contributed by atoms with van der Waals surface area (Å²) in [7, 11) is 1.74. The highest BCUT2D eigenvalue weighted by Crippen LogP contribution is 2.10. The van der Waals surface area contributed by atoms with Gasteiger partial charge in [0.25, 0.3) is 0 Å². The highest BCUT2D eigenvalue weighted by atomic mass is 16.6. The van der Waals surface area contributed by atoms with E-state index in [9.17, 15) is 9.90 Å². The van der Waals surface area contributed by atoms with Gasteiger partial charge in [0.1, 0.15) is 5.60 Å². The third-order valence-electron chi connectivity index (χ3n) is 2.70. The summed E-state index contributed by atoms with van der Waals surface area (Å²) < 4.78 is 5.25. The molecule has 17 heavy (non-hydrogen) atoms. The van der Waals surface area contributed by atoms with Crippen molar-refractivity contribution >= 4 is 6.09 Å². The maximum absolute atomic E-state index is 11.7. The number of carbonyl (C=O) groups is 1. The summed E-state index contributed by atoms with van der Waals surface area (Å²) in [6.07, 6.45) is 0.329. The first kappa shape index (κ1) is 14.3. The summed E-state index contributed by atoms with van der Waals surface area (Å²) in [5, 5.41) is 9.38. The van der Waals surface area contributed by atoms with Gasteiger partial charge < -0.3 is 14.7 Å². The molecule has 0 spiro atoms. The molecule has 0 radical (unpaired) electrons. The van der Waals surface area contributed by atoms with Crippen molar-refractivity contribution in [2.75, 3.05) is 33.2 Å². The van der Waals surface area contributed by atoms with Crippen LogP contribution in [0.5, 0.6) is 0 Å². The molecule has 1 rings (SSSR count). The molecule has 5 heteroatoms. The van der Waals surface area contributed by atoms with E-state index >= 15 is 0 Å². The van der Waals surface area contributed by atoms with Crippen LogP contribution in [0.4, 0.5) is 4.79 Å². The van der Waals surface area contributed by atoms with Crippen LogP contribution in [0.25, 0.3) is 0 Å². The average Bonchev–Trinajstić information content (AvgIpc) is 2.58. The van der Waals surface area contributed by atoms with Gasteiger partial charge in [-0.05, 0) is 27.2 Å². The summed E-state index contributed by atoms with van der Waals surface area (Å²) >= 11 is 0. The fourth-order valence-corrected chi connectivity index (χ4v) is 1.74. The van der Waals surface area contributed by atoms with Gasteiger partial charge in [0.2, 0.25) is 0 Å². The van der Waals surface area contributed by atoms with E-state index in [1.165, 1.54) is 0 Å². The van der Waals surface area contributed by atoms with Gasteiger partial charge in [0.05, 0.1) is 6.10 Å². The van der Waals surface area contributed by atoms with Crippen molar-refractivity contribution in [1.82, 2.24) is 9.80 Å². The van der Waals surface area contributed by atoms with Crippen molar-refractivity contribution in [2.45, 2.75) is 38.9 Å².